The normalized spacial score (nSPS) is 20.1. The van der Waals surface area contributed by atoms with Gasteiger partial charge in [-0.15, -0.1) is 4.40 Å². The van der Waals surface area contributed by atoms with Gasteiger partial charge in [0.05, 0.1) is 5.92 Å². The lowest BCUT2D eigenvalue weighted by Gasteiger charge is -2.35. The number of hydrogen-bond donors (Lipinski definition) is 0. The molecule has 0 spiro atoms. The van der Waals surface area contributed by atoms with Crippen LogP contribution >= 0.6 is 0 Å². The average Bonchev–Trinajstić information content (AvgIpc) is 3.01. The summed E-state index contributed by atoms with van der Waals surface area (Å²) in [6, 6.07) is 12.7. The number of piperidine rings is 1. The molecule has 2 heterocycles. The van der Waals surface area contributed by atoms with Crippen molar-refractivity contribution in [2.24, 2.45) is 10.3 Å². The van der Waals surface area contributed by atoms with Crippen LogP contribution < -0.4 is 4.90 Å². The molecule has 0 N–H and O–H groups in total. The Hall–Kier alpha value is -2.74. The highest BCUT2D eigenvalue weighted by Crippen LogP contribution is 2.30. The second kappa shape index (κ2) is 7.59. The van der Waals surface area contributed by atoms with Gasteiger partial charge >= 0.3 is 0 Å². The van der Waals surface area contributed by atoms with Crippen molar-refractivity contribution < 1.29 is 17.6 Å². The van der Waals surface area contributed by atoms with Crippen LogP contribution in [0.4, 0.5) is 10.1 Å². The first-order valence-electron chi connectivity index (χ1n) is 9.67. The number of rotatable bonds is 3. The standard InChI is InChI=1S/C21H22FN3O3S/c1-2-25(17-11-9-16(22)10-12-17)21(26)15-6-5-13-24(14-15)20-18-7-3-4-8-19(18)29(27,28)23-20/h3-4,7-12,15H,2,5-6,13-14H2,1H3. The molecule has 1 atom stereocenters. The van der Waals surface area contributed by atoms with E-state index in [1.54, 1.807) is 41.3 Å². The van der Waals surface area contributed by atoms with E-state index in [9.17, 15) is 17.6 Å². The van der Waals surface area contributed by atoms with E-state index in [0.717, 1.165) is 6.42 Å². The summed E-state index contributed by atoms with van der Waals surface area (Å²) in [5.74, 6) is -0.256. The number of likely N-dealkylation sites (tertiary alicyclic amines) is 1. The van der Waals surface area contributed by atoms with Gasteiger partial charge in [0.2, 0.25) is 5.91 Å². The minimum Gasteiger partial charge on any atom is -0.355 e. The van der Waals surface area contributed by atoms with Crippen molar-refractivity contribution in [2.45, 2.75) is 24.7 Å². The number of fused-ring (bicyclic) bond motifs is 1. The molecule has 2 aromatic rings. The van der Waals surface area contributed by atoms with Crippen molar-refractivity contribution >= 4 is 27.5 Å². The van der Waals surface area contributed by atoms with E-state index in [1.165, 1.54) is 12.1 Å². The maximum atomic E-state index is 13.2. The van der Waals surface area contributed by atoms with E-state index >= 15 is 0 Å². The molecule has 0 aromatic heterocycles. The van der Waals surface area contributed by atoms with Crippen molar-refractivity contribution in [3.63, 3.8) is 0 Å². The van der Waals surface area contributed by atoms with E-state index in [2.05, 4.69) is 4.40 Å². The lowest BCUT2D eigenvalue weighted by Crippen LogP contribution is -2.47. The van der Waals surface area contributed by atoms with Crippen molar-refractivity contribution in [1.29, 1.82) is 0 Å². The molecule has 1 saturated heterocycles. The predicted molar refractivity (Wildman–Crippen MR) is 109 cm³/mol. The molecule has 2 aliphatic heterocycles. The molecular weight excluding hydrogens is 393 g/mol. The van der Waals surface area contributed by atoms with Crippen LogP contribution in [-0.4, -0.2) is 44.7 Å². The number of carbonyl (C=O) groups is 1. The summed E-state index contributed by atoms with van der Waals surface area (Å²) in [5, 5.41) is 0. The third kappa shape index (κ3) is 3.64. The van der Waals surface area contributed by atoms with Crippen LogP contribution in [0.15, 0.2) is 57.8 Å². The number of amides is 1. The van der Waals surface area contributed by atoms with Gasteiger partial charge < -0.3 is 9.80 Å². The van der Waals surface area contributed by atoms with Gasteiger partial charge in [0, 0.05) is 30.9 Å². The molecular formula is C21H22FN3O3S. The van der Waals surface area contributed by atoms with Crippen molar-refractivity contribution in [3.05, 3.63) is 59.9 Å². The molecule has 2 aliphatic rings. The van der Waals surface area contributed by atoms with Crippen LogP contribution in [0.25, 0.3) is 0 Å². The second-order valence-electron chi connectivity index (χ2n) is 7.23. The fourth-order valence-corrected chi connectivity index (χ4v) is 5.22. The maximum absolute atomic E-state index is 13.2. The van der Waals surface area contributed by atoms with E-state index in [1.807, 2.05) is 11.8 Å². The number of nitrogens with zero attached hydrogens (tertiary/aromatic N) is 3. The van der Waals surface area contributed by atoms with Crippen LogP contribution in [-0.2, 0) is 14.8 Å². The third-order valence-electron chi connectivity index (χ3n) is 5.40. The Bertz CT molecular complexity index is 1070. The third-order valence-corrected chi connectivity index (χ3v) is 6.73. The summed E-state index contributed by atoms with van der Waals surface area (Å²) >= 11 is 0. The number of sulfonamides is 1. The molecule has 0 bridgehead atoms. The largest absolute Gasteiger partial charge is 0.355 e. The molecule has 4 rings (SSSR count). The zero-order chi connectivity index (χ0) is 20.6. The highest BCUT2D eigenvalue weighted by molar-refractivity contribution is 7.90. The van der Waals surface area contributed by atoms with Gasteiger partial charge in [0.25, 0.3) is 10.0 Å². The number of anilines is 1. The van der Waals surface area contributed by atoms with Gasteiger partial charge in [-0.2, -0.15) is 8.42 Å². The Morgan fingerprint density at radius 3 is 2.66 bits per heavy atom. The van der Waals surface area contributed by atoms with Gasteiger partial charge in [-0.3, -0.25) is 4.79 Å². The van der Waals surface area contributed by atoms with Gasteiger partial charge in [-0.25, -0.2) is 4.39 Å². The summed E-state index contributed by atoms with van der Waals surface area (Å²) in [6.07, 6.45) is 1.48. The molecule has 152 valence electrons. The molecule has 29 heavy (non-hydrogen) atoms. The van der Waals surface area contributed by atoms with Crippen LogP contribution in [0.2, 0.25) is 0 Å². The molecule has 0 saturated carbocycles. The Kier molecular flexibility index (Phi) is 5.12. The summed E-state index contributed by atoms with van der Waals surface area (Å²) in [5.41, 5.74) is 1.24. The van der Waals surface area contributed by atoms with E-state index in [0.29, 0.717) is 43.1 Å². The summed E-state index contributed by atoms with van der Waals surface area (Å²) in [4.78, 5) is 17.0. The van der Waals surface area contributed by atoms with Crippen LogP contribution in [0.1, 0.15) is 25.3 Å². The highest BCUT2D eigenvalue weighted by Gasteiger charge is 2.36. The first-order chi connectivity index (χ1) is 13.9. The zero-order valence-electron chi connectivity index (χ0n) is 16.1. The molecule has 8 heteroatoms. The van der Waals surface area contributed by atoms with Gasteiger partial charge in [0.1, 0.15) is 10.7 Å². The fourth-order valence-electron chi connectivity index (χ4n) is 3.99. The topological polar surface area (TPSA) is 70.1 Å². The first-order valence-corrected chi connectivity index (χ1v) is 11.1. The van der Waals surface area contributed by atoms with Gasteiger partial charge in [0.15, 0.2) is 5.84 Å². The lowest BCUT2D eigenvalue weighted by molar-refractivity contribution is -0.123. The average molecular weight is 415 g/mol. The summed E-state index contributed by atoms with van der Waals surface area (Å²) in [6.45, 7) is 3.40. The van der Waals surface area contributed by atoms with E-state index in [-0.39, 0.29) is 22.5 Å². The van der Waals surface area contributed by atoms with Crippen LogP contribution in [0.5, 0.6) is 0 Å². The highest BCUT2D eigenvalue weighted by atomic mass is 32.2. The molecule has 0 aliphatic carbocycles. The summed E-state index contributed by atoms with van der Waals surface area (Å²) in [7, 11) is -3.69. The lowest BCUT2D eigenvalue weighted by atomic mass is 9.95. The smallest absolute Gasteiger partial charge is 0.285 e. The maximum Gasteiger partial charge on any atom is 0.285 e. The van der Waals surface area contributed by atoms with Gasteiger partial charge in [-0.1, -0.05) is 12.1 Å². The van der Waals surface area contributed by atoms with Crippen LogP contribution in [0, 0.1) is 11.7 Å². The number of benzene rings is 2. The monoisotopic (exact) mass is 415 g/mol. The number of amidine groups is 1. The zero-order valence-corrected chi connectivity index (χ0v) is 16.9. The van der Waals surface area contributed by atoms with Crippen molar-refractivity contribution in [1.82, 2.24) is 4.90 Å². The molecule has 1 fully saturated rings. The Morgan fingerprint density at radius 1 is 1.21 bits per heavy atom. The van der Waals surface area contributed by atoms with Crippen molar-refractivity contribution in [3.8, 4) is 0 Å². The quantitative estimate of drug-likeness (QED) is 0.773. The number of hydrogen-bond acceptors (Lipinski definition) is 4. The Morgan fingerprint density at radius 2 is 1.93 bits per heavy atom. The Balaban J connectivity index is 1.57. The van der Waals surface area contributed by atoms with E-state index in [4.69, 9.17) is 0 Å². The minimum atomic E-state index is -3.69. The van der Waals surface area contributed by atoms with Crippen LogP contribution in [0.3, 0.4) is 0 Å². The first kappa shape index (κ1) is 19.6. The predicted octanol–water partition coefficient (Wildman–Crippen LogP) is 3.04. The number of halogens is 1. The summed E-state index contributed by atoms with van der Waals surface area (Å²) < 4.78 is 42.0. The number of carbonyl (C=O) groups excluding carboxylic acids is 1. The Labute approximate surface area is 169 Å². The molecule has 2 aromatic carbocycles. The minimum absolute atomic E-state index is 0.0430. The van der Waals surface area contributed by atoms with Gasteiger partial charge in [-0.05, 0) is 56.2 Å². The fraction of sp³-hybridized carbons (Fsp3) is 0.333. The molecule has 1 unspecified atom stereocenters. The van der Waals surface area contributed by atoms with E-state index < -0.39 is 10.0 Å². The molecule has 1 amide bonds. The molecule has 0 radical (unpaired) electrons. The van der Waals surface area contributed by atoms with Crippen molar-refractivity contribution in [2.75, 3.05) is 24.5 Å². The molecule has 6 nitrogen and oxygen atoms in total. The second-order valence-corrected chi connectivity index (χ2v) is 8.80. The SMILES string of the molecule is CCN(C(=O)C1CCCN(C2=NS(=O)(=O)c3ccccc32)C1)c1ccc(F)cc1.